The Balaban J connectivity index is 1.94. The van der Waals surface area contributed by atoms with E-state index in [2.05, 4.69) is 36.9 Å². The Morgan fingerprint density at radius 1 is 1.24 bits per heavy atom. The Kier molecular flexibility index (Phi) is 5.31. The molecule has 0 aliphatic heterocycles. The number of benzene rings is 1. The van der Waals surface area contributed by atoms with Crippen LogP contribution < -0.4 is 4.46 Å². The molecule has 2 rings (SSSR count). The van der Waals surface area contributed by atoms with Crippen molar-refractivity contribution in [2.45, 2.75) is 36.6 Å². The van der Waals surface area contributed by atoms with Crippen LogP contribution in [-0.4, -0.2) is 27.7 Å². The molecule has 92 valence electrons. The fraction of sp³-hybridized carbons (Fsp3) is 0.467. The Hall–Kier alpha value is -0.561. The number of ether oxygens (including phenoxy) is 1. The van der Waals surface area contributed by atoms with E-state index in [0.717, 1.165) is 4.82 Å². The molecule has 0 unspecified atom stereocenters. The van der Waals surface area contributed by atoms with Gasteiger partial charge in [0, 0.05) is 0 Å². The van der Waals surface area contributed by atoms with E-state index in [1.807, 2.05) is 6.08 Å². The SMILES string of the molecule is C=CCO[C@H]1CCCC[C@@H]1[Se]c1ccccc1. The summed E-state index contributed by atoms with van der Waals surface area (Å²) in [4.78, 5) is 0.749. The Morgan fingerprint density at radius 2 is 2.00 bits per heavy atom. The van der Waals surface area contributed by atoms with Gasteiger partial charge >= 0.3 is 110 Å². The summed E-state index contributed by atoms with van der Waals surface area (Å²) < 4.78 is 7.41. The molecule has 0 amide bonds. The molecule has 0 bridgehead atoms. The fourth-order valence-electron chi connectivity index (χ4n) is 2.25. The topological polar surface area (TPSA) is 9.23 Å². The summed E-state index contributed by atoms with van der Waals surface area (Å²) in [7, 11) is 0. The van der Waals surface area contributed by atoms with Gasteiger partial charge in [-0.05, 0) is 0 Å². The zero-order valence-electron chi connectivity index (χ0n) is 10.2. The van der Waals surface area contributed by atoms with E-state index in [1.165, 1.54) is 30.1 Å². The van der Waals surface area contributed by atoms with Crippen LogP contribution in [0.3, 0.4) is 0 Å². The van der Waals surface area contributed by atoms with Gasteiger partial charge in [0.1, 0.15) is 0 Å². The van der Waals surface area contributed by atoms with Crippen molar-refractivity contribution in [3.8, 4) is 0 Å². The standard InChI is InChI=1S/C15H20OSe/c1-2-12-16-14-10-6-7-11-15(14)17-13-8-4-3-5-9-13/h2-5,8-9,14-15H,1,6-7,10-12H2/t14-,15-/m0/s1. The molecular weight excluding hydrogens is 275 g/mol. The van der Waals surface area contributed by atoms with E-state index < -0.39 is 0 Å². The summed E-state index contributed by atoms with van der Waals surface area (Å²) >= 11 is 0.549. The number of rotatable bonds is 5. The second-order valence-corrected chi connectivity index (χ2v) is 7.17. The van der Waals surface area contributed by atoms with Gasteiger partial charge in [0.05, 0.1) is 0 Å². The summed E-state index contributed by atoms with van der Waals surface area (Å²) in [5, 5.41) is 0. The first kappa shape index (κ1) is 12.9. The quantitative estimate of drug-likeness (QED) is 0.599. The molecule has 0 spiro atoms. The molecule has 0 saturated heterocycles. The molecule has 2 atom stereocenters. The molecular formula is C15H20OSe. The first-order chi connectivity index (χ1) is 8.40. The molecule has 0 radical (unpaired) electrons. The summed E-state index contributed by atoms with van der Waals surface area (Å²) in [6, 6.07) is 10.9. The Bertz CT molecular complexity index is 336. The Morgan fingerprint density at radius 3 is 2.76 bits per heavy atom. The predicted molar refractivity (Wildman–Crippen MR) is 74.0 cm³/mol. The summed E-state index contributed by atoms with van der Waals surface area (Å²) in [5.41, 5.74) is 0. The van der Waals surface area contributed by atoms with Crippen LogP contribution in [0.2, 0.25) is 4.82 Å². The maximum atomic E-state index is 5.91. The van der Waals surface area contributed by atoms with E-state index in [-0.39, 0.29) is 0 Å². The van der Waals surface area contributed by atoms with Crippen molar-refractivity contribution < 1.29 is 4.74 Å². The van der Waals surface area contributed by atoms with Crippen molar-refractivity contribution in [1.82, 2.24) is 0 Å². The van der Waals surface area contributed by atoms with E-state index in [0.29, 0.717) is 27.7 Å². The summed E-state index contributed by atoms with van der Waals surface area (Å²) in [6.07, 6.45) is 7.57. The molecule has 0 N–H and O–H groups in total. The average molecular weight is 295 g/mol. The van der Waals surface area contributed by atoms with Crippen LogP contribution in [-0.2, 0) is 4.74 Å². The van der Waals surface area contributed by atoms with Crippen LogP contribution in [0.25, 0.3) is 0 Å². The minimum atomic E-state index is 0.460. The van der Waals surface area contributed by atoms with Crippen LogP contribution in [0.5, 0.6) is 0 Å². The summed E-state index contributed by atoms with van der Waals surface area (Å²) in [6.45, 7) is 4.43. The van der Waals surface area contributed by atoms with Crippen LogP contribution in [0.15, 0.2) is 43.0 Å². The van der Waals surface area contributed by atoms with Gasteiger partial charge in [0.15, 0.2) is 0 Å². The fourth-order valence-corrected chi connectivity index (χ4v) is 5.01. The molecule has 1 aliphatic carbocycles. The Labute approximate surface area is 110 Å². The molecule has 1 aromatic rings. The van der Waals surface area contributed by atoms with Gasteiger partial charge in [-0.1, -0.05) is 0 Å². The second kappa shape index (κ2) is 7.00. The predicted octanol–water partition coefficient (Wildman–Crippen LogP) is 2.95. The van der Waals surface area contributed by atoms with Gasteiger partial charge in [0.25, 0.3) is 0 Å². The van der Waals surface area contributed by atoms with Crippen molar-refractivity contribution in [1.29, 1.82) is 0 Å². The normalized spacial score (nSPS) is 24.5. The molecule has 1 aromatic carbocycles. The monoisotopic (exact) mass is 296 g/mol. The molecule has 1 nitrogen and oxygen atoms in total. The molecule has 1 aliphatic rings. The zero-order valence-corrected chi connectivity index (χ0v) is 11.9. The van der Waals surface area contributed by atoms with Crippen LogP contribution in [0.1, 0.15) is 25.7 Å². The molecule has 0 aromatic heterocycles. The van der Waals surface area contributed by atoms with E-state index in [4.69, 9.17) is 4.74 Å². The maximum absolute atomic E-state index is 5.91. The van der Waals surface area contributed by atoms with Gasteiger partial charge in [-0.2, -0.15) is 0 Å². The third kappa shape index (κ3) is 3.99. The van der Waals surface area contributed by atoms with Crippen LogP contribution >= 0.6 is 0 Å². The molecule has 17 heavy (non-hydrogen) atoms. The van der Waals surface area contributed by atoms with Gasteiger partial charge < -0.3 is 0 Å². The van der Waals surface area contributed by atoms with E-state index >= 15 is 0 Å². The van der Waals surface area contributed by atoms with Crippen molar-refractivity contribution in [2.24, 2.45) is 0 Å². The third-order valence-corrected chi connectivity index (χ3v) is 6.01. The number of hydrogen-bond donors (Lipinski definition) is 0. The van der Waals surface area contributed by atoms with Crippen LogP contribution in [0, 0.1) is 0 Å². The van der Waals surface area contributed by atoms with Gasteiger partial charge in [0.2, 0.25) is 0 Å². The zero-order chi connectivity index (χ0) is 11.9. The first-order valence-electron chi connectivity index (χ1n) is 6.34. The molecule has 0 heterocycles. The number of hydrogen-bond acceptors (Lipinski definition) is 1. The van der Waals surface area contributed by atoms with Gasteiger partial charge in [-0.15, -0.1) is 0 Å². The molecule has 1 saturated carbocycles. The average Bonchev–Trinajstić information content (AvgIpc) is 2.39. The van der Waals surface area contributed by atoms with E-state index in [9.17, 15) is 0 Å². The van der Waals surface area contributed by atoms with Crippen molar-refractivity contribution in [3.63, 3.8) is 0 Å². The van der Waals surface area contributed by atoms with Crippen LogP contribution in [0.4, 0.5) is 0 Å². The van der Waals surface area contributed by atoms with Crippen molar-refractivity contribution in [3.05, 3.63) is 43.0 Å². The van der Waals surface area contributed by atoms with E-state index in [1.54, 1.807) is 0 Å². The van der Waals surface area contributed by atoms with Gasteiger partial charge in [-0.25, -0.2) is 0 Å². The third-order valence-electron chi connectivity index (χ3n) is 3.10. The minimum absolute atomic E-state index is 0.460. The first-order valence-corrected chi connectivity index (χ1v) is 8.19. The summed E-state index contributed by atoms with van der Waals surface area (Å²) in [5.74, 6) is 0. The van der Waals surface area contributed by atoms with Crippen molar-refractivity contribution in [2.75, 3.05) is 6.61 Å². The van der Waals surface area contributed by atoms with Gasteiger partial charge in [-0.3, -0.25) is 0 Å². The van der Waals surface area contributed by atoms with Crippen molar-refractivity contribution >= 4 is 19.4 Å². The molecule has 1 fully saturated rings. The molecule has 2 heteroatoms. The second-order valence-electron chi connectivity index (χ2n) is 4.41.